The molecule has 1 atom stereocenters. The van der Waals surface area contributed by atoms with E-state index in [-0.39, 0.29) is 0 Å². The minimum Gasteiger partial charge on any atom is -0.493 e. The maximum atomic E-state index is 5.74. The Kier molecular flexibility index (Phi) is 4.03. The lowest BCUT2D eigenvalue weighted by atomic mass is 10.0. The minimum atomic E-state index is 0.669. The number of benzene rings is 1. The SMILES string of the molecule is Brc1ccc(OC[C@H]2CCCNC2)cc1. The summed E-state index contributed by atoms with van der Waals surface area (Å²) in [5, 5.41) is 3.39. The Morgan fingerprint density at radius 1 is 1.33 bits per heavy atom. The molecule has 1 N–H and O–H groups in total. The molecule has 3 heteroatoms. The molecule has 0 amide bonds. The molecule has 1 fully saturated rings. The van der Waals surface area contributed by atoms with Gasteiger partial charge in [0, 0.05) is 16.9 Å². The van der Waals surface area contributed by atoms with Gasteiger partial charge in [-0.2, -0.15) is 0 Å². The molecule has 1 aromatic carbocycles. The number of nitrogens with one attached hydrogen (secondary N) is 1. The standard InChI is InChI=1S/C12H16BrNO/c13-11-3-5-12(6-4-11)15-9-10-2-1-7-14-8-10/h3-6,10,14H,1-2,7-9H2/t10-/m0/s1. The summed E-state index contributed by atoms with van der Waals surface area (Å²) in [7, 11) is 0. The van der Waals surface area contributed by atoms with Crippen LogP contribution in [0.3, 0.4) is 0 Å². The highest BCUT2D eigenvalue weighted by Crippen LogP contribution is 2.18. The van der Waals surface area contributed by atoms with Gasteiger partial charge in [0.2, 0.25) is 0 Å². The summed E-state index contributed by atoms with van der Waals surface area (Å²) in [5.74, 6) is 1.63. The van der Waals surface area contributed by atoms with Crippen LogP contribution in [0.2, 0.25) is 0 Å². The molecular weight excluding hydrogens is 254 g/mol. The van der Waals surface area contributed by atoms with E-state index in [1.54, 1.807) is 0 Å². The van der Waals surface area contributed by atoms with Crippen LogP contribution in [0.1, 0.15) is 12.8 Å². The van der Waals surface area contributed by atoms with Crippen molar-refractivity contribution in [2.75, 3.05) is 19.7 Å². The molecule has 82 valence electrons. The van der Waals surface area contributed by atoms with Gasteiger partial charge in [-0.05, 0) is 43.7 Å². The number of ether oxygens (including phenoxy) is 1. The largest absolute Gasteiger partial charge is 0.493 e. The first-order valence-corrected chi connectivity index (χ1v) is 6.23. The van der Waals surface area contributed by atoms with Crippen molar-refractivity contribution in [2.24, 2.45) is 5.92 Å². The van der Waals surface area contributed by atoms with Gasteiger partial charge >= 0.3 is 0 Å². The highest BCUT2D eigenvalue weighted by atomic mass is 79.9. The fourth-order valence-corrected chi connectivity index (χ4v) is 2.08. The highest BCUT2D eigenvalue weighted by Gasteiger charge is 2.13. The molecule has 15 heavy (non-hydrogen) atoms. The Morgan fingerprint density at radius 3 is 2.80 bits per heavy atom. The van der Waals surface area contributed by atoms with E-state index in [9.17, 15) is 0 Å². The zero-order valence-corrected chi connectivity index (χ0v) is 10.3. The van der Waals surface area contributed by atoms with Crippen LogP contribution >= 0.6 is 15.9 Å². The number of piperidine rings is 1. The summed E-state index contributed by atoms with van der Waals surface area (Å²) in [6.07, 6.45) is 2.55. The molecule has 2 rings (SSSR count). The van der Waals surface area contributed by atoms with Crippen LogP contribution in [0, 0.1) is 5.92 Å². The van der Waals surface area contributed by atoms with Crippen molar-refractivity contribution in [1.29, 1.82) is 0 Å². The summed E-state index contributed by atoms with van der Waals surface area (Å²) in [6.45, 7) is 3.08. The second-order valence-electron chi connectivity index (χ2n) is 3.98. The number of halogens is 1. The van der Waals surface area contributed by atoms with Gasteiger partial charge < -0.3 is 10.1 Å². The second-order valence-corrected chi connectivity index (χ2v) is 4.89. The van der Waals surface area contributed by atoms with Gasteiger partial charge in [-0.1, -0.05) is 15.9 Å². The average Bonchev–Trinajstić information content (AvgIpc) is 2.30. The third-order valence-corrected chi connectivity index (χ3v) is 3.23. The van der Waals surface area contributed by atoms with Crippen molar-refractivity contribution in [1.82, 2.24) is 5.32 Å². The predicted octanol–water partition coefficient (Wildman–Crippen LogP) is 2.83. The monoisotopic (exact) mass is 269 g/mol. The van der Waals surface area contributed by atoms with Crippen LogP contribution in [-0.2, 0) is 0 Å². The number of hydrogen-bond acceptors (Lipinski definition) is 2. The van der Waals surface area contributed by atoms with Crippen LogP contribution in [0.4, 0.5) is 0 Å². The lowest BCUT2D eigenvalue weighted by molar-refractivity contribution is 0.218. The summed E-state index contributed by atoms with van der Waals surface area (Å²) < 4.78 is 6.83. The minimum absolute atomic E-state index is 0.669. The van der Waals surface area contributed by atoms with E-state index in [1.807, 2.05) is 24.3 Å². The van der Waals surface area contributed by atoms with Crippen molar-refractivity contribution >= 4 is 15.9 Å². The lowest BCUT2D eigenvalue weighted by Crippen LogP contribution is -2.33. The van der Waals surface area contributed by atoms with Crippen molar-refractivity contribution in [3.05, 3.63) is 28.7 Å². The molecule has 0 aromatic heterocycles. The third-order valence-electron chi connectivity index (χ3n) is 2.70. The van der Waals surface area contributed by atoms with Crippen molar-refractivity contribution in [2.45, 2.75) is 12.8 Å². The summed E-state index contributed by atoms with van der Waals surface area (Å²) in [6, 6.07) is 8.02. The molecule has 1 aromatic rings. The van der Waals surface area contributed by atoms with E-state index in [4.69, 9.17) is 4.74 Å². The molecule has 0 radical (unpaired) electrons. The normalized spacial score (nSPS) is 21.3. The molecule has 1 aliphatic rings. The summed E-state index contributed by atoms with van der Waals surface area (Å²) >= 11 is 3.41. The second kappa shape index (κ2) is 5.52. The summed E-state index contributed by atoms with van der Waals surface area (Å²) in [4.78, 5) is 0. The van der Waals surface area contributed by atoms with Crippen molar-refractivity contribution < 1.29 is 4.74 Å². The highest BCUT2D eigenvalue weighted by molar-refractivity contribution is 9.10. The summed E-state index contributed by atoms with van der Waals surface area (Å²) in [5.41, 5.74) is 0. The van der Waals surface area contributed by atoms with Gasteiger partial charge in [0.25, 0.3) is 0 Å². The zero-order valence-electron chi connectivity index (χ0n) is 8.71. The van der Waals surface area contributed by atoms with Gasteiger partial charge in [-0.25, -0.2) is 0 Å². The predicted molar refractivity (Wildman–Crippen MR) is 65.2 cm³/mol. The molecule has 2 nitrogen and oxygen atoms in total. The van der Waals surface area contributed by atoms with Gasteiger partial charge in [0.05, 0.1) is 6.61 Å². The molecule has 0 aliphatic carbocycles. The van der Waals surface area contributed by atoms with Gasteiger partial charge in [-0.15, -0.1) is 0 Å². The van der Waals surface area contributed by atoms with E-state index < -0.39 is 0 Å². The first-order valence-electron chi connectivity index (χ1n) is 5.44. The van der Waals surface area contributed by atoms with Crippen LogP contribution in [0.25, 0.3) is 0 Å². The molecule has 0 saturated carbocycles. The fourth-order valence-electron chi connectivity index (χ4n) is 1.81. The third kappa shape index (κ3) is 3.50. The number of hydrogen-bond donors (Lipinski definition) is 1. The quantitative estimate of drug-likeness (QED) is 0.911. The van der Waals surface area contributed by atoms with Crippen LogP contribution in [0.5, 0.6) is 5.75 Å². The molecule has 0 bridgehead atoms. The number of rotatable bonds is 3. The fraction of sp³-hybridized carbons (Fsp3) is 0.500. The van der Waals surface area contributed by atoms with Crippen molar-refractivity contribution in [3.8, 4) is 5.75 Å². The van der Waals surface area contributed by atoms with Crippen LogP contribution in [-0.4, -0.2) is 19.7 Å². The van der Waals surface area contributed by atoms with E-state index in [0.29, 0.717) is 5.92 Å². The molecule has 0 unspecified atom stereocenters. The Labute approximate surface area is 99.1 Å². The van der Waals surface area contributed by atoms with Crippen molar-refractivity contribution in [3.63, 3.8) is 0 Å². The maximum Gasteiger partial charge on any atom is 0.119 e. The zero-order chi connectivity index (χ0) is 10.5. The van der Waals surface area contributed by atoms with E-state index in [0.717, 1.165) is 29.9 Å². The maximum absolute atomic E-state index is 5.74. The van der Waals surface area contributed by atoms with Gasteiger partial charge in [0.1, 0.15) is 5.75 Å². The first kappa shape index (κ1) is 11.0. The Hall–Kier alpha value is -0.540. The lowest BCUT2D eigenvalue weighted by Gasteiger charge is -2.22. The molecular formula is C12H16BrNO. The molecule has 0 spiro atoms. The average molecular weight is 270 g/mol. The van der Waals surface area contributed by atoms with Crippen LogP contribution in [0.15, 0.2) is 28.7 Å². The molecule has 1 aliphatic heterocycles. The Morgan fingerprint density at radius 2 is 2.13 bits per heavy atom. The van der Waals surface area contributed by atoms with Gasteiger partial charge in [-0.3, -0.25) is 0 Å². The molecule has 1 saturated heterocycles. The Balaban J connectivity index is 1.79. The van der Waals surface area contributed by atoms with Crippen LogP contribution < -0.4 is 10.1 Å². The van der Waals surface area contributed by atoms with Gasteiger partial charge in [0.15, 0.2) is 0 Å². The first-order chi connectivity index (χ1) is 7.34. The van der Waals surface area contributed by atoms with E-state index >= 15 is 0 Å². The smallest absolute Gasteiger partial charge is 0.119 e. The molecule has 1 heterocycles. The Bertz CT molecular complexity index is 293. The topological polar surface area (TPSA) is 21.3 Å². The van der Waals surface area contributed by atoms with E-state index in [1.165, 1.54) is 12.8 Å². The van der Waals surface area contributed by atoms with E-state index in [2.05, 4.69) is 21.2 Å².